The molecule has 3 aromatic carbocycles. The predicted molar refractivity (Wildman–Crippen MR) is 123 cm³/mol. The van der Waals surface area contributed by atoms with Crippen molar-refractivity contribution in [2.24, 2.45) is 0 Å². The van der Waals surface area contributed by atoms with Gasteiger partial charge in [0.2, 0.25) is 0 Å². The first-order valence-corrected chi connectivity index (χ1v) is 11.7. The summed E-state index contributed by atoms with van der Waals surface area (Å²) in [5, 5.41) is 11.1. The fourth-order valence-corrected chi connectivity index (χ4v) is 5.34. The van der Waals surface area contributed by atoms with Gasteiger partial charge in [0.1, 0.15) is 5.82 Å². The molecule has 0 aliphatic rings. The summed E-state index contributed by atoms with van der Waals surface area (Å²) >= 11 is 16.0. The molecule has 0 saturated carbocycles. The molecule has 29 heavy (non-hydrogen) atoms. The Morgan fingerprint density at radius 3 is 2.03 bits per heavy atom. The van der Waals surface area contributed by atoms with Gasteiger partial charge >= 0.3 is 0 Å². The van der Waals surface area contributed by atoms with Crippen molar-refractivity contribution >= 4 is 46.7 Å². The quantitative estimate of drug-likeness (QED) is 0.275. The van der Waals surface area contributed by atoms with E-state index in [-0.39, 0.29) is 0 Å². The summed E-state index contributed by atoms with van der Waals surface area (Å²) in [5.74, 6) is 2.24. The van der Waals surface area contributed by atoms with Gasteiger partial charge in [-0.25, -0.2) is 0 Å². The molecule has 0 amide bonds. The second-order valence-electron chi connectivity index (χ2n) is 6.16. The first-order valence-electron chi connectivity index (χ1n) is 8.95. The maximum Gasteiger partial charge on any atom is 0.196 e. The first-order chi connectivity index (χ1) is 14.2. The van der Waals surface area contributed by atoms with Gasteiger partial charge in [0, 0.05) is 26.4 Å². The Balaban J connectivity index is 1.61. The highest BCUT2D eigenvalue weighted by Crippen LogP contribution is 2.33. The van der Waals surface area contributed by atoms with Crippen molar-refractivity contribution in [3.63, 3.8) is 0 Å². The Bertz CT molecular complexity index is 1070. The number of hydrogen-bond donors (Lipinski definition) is 0. The Hall–Kier alpha value is -1.92. The van der Waals surface area contributed by atoms with Gasteiger partial charge in [-0.15, -0.1) is 22.0 Å². The standard InChI is InChI=1S/C22H17Cl2N3S2/c23-19-12-7-13-20(24)18(19)14-29-22-26-25-21(15-28-17-10-5-2-6-11-17)27(22)16-8-3-1-4-9-16/h1-13H,14-15H2. The van der Waals surface area contributed by atoms with E-state index in [9.17, 15) is 0 Å². The number of hydrogen-bond acceptors (Lipinski definition) is 4. The third-order valence-electron chi connectivity index (χ3n) is 4.23. The molecule has 4 aromatic rings. The lowest BCUT2D eigenvalue weighted by atomic mass is 10.2. The van der Waals surface area contributed by atoms with E-state index in [0.29, 0.717) is 15.8 Å². The van der Waals surface area contributed by atoms with Crippen LogP contribution >= 0.6 is 46.7 Å². The number of thioether (sulfide) groups is 2. The summed E-state index contributed by atoms with van der Waals surface area (Å²) in [5.41, 5.74) is 1.94. The average molecular weight is 458 g/mol. The van der Waals surface area contributed by atoms with Crippen molar-refractivity contribution in [1.82, 2.24) is 14.8 Å². The van der Waals surface area contributed by atoms with Crippen LogP contribution in [0.4, 0.5) is 0 Å². The number of nitrogens with zero attached hydrogens (tertiary/aromatic N) is 3. The SMILES string of the molecule is Clc1cccc(Cl)c1CSc1nnc(CSc2ccccc2)n1-c1ccccc1. The normalized spacial score (nSPS) is 11.0. The van der Waals surface area contributed by atoms with E-state index < -0.39 is 0 Å². The topological polar surface area (TPSA) is 30.7 Å². The average Bonchev–Trinajstić information content (AvgIpc) is 3.16. The second kappa shape index (κ2) is 9.72. The number of rotatable bonds is 7. The van der Waals surface area contributed by atoms with Crippen LogP contribution in [0.1, 0.15) is 11.4 Å². The smallest absolute Gasteiger partial charge is 0.196 e. The molecule has 0 radical (unpaired) electrons. The highest BCUT2D eigenvalue weighted by Gasteiger charge is 2.16. The lowest BCUT2D eigenvalue weighted by molar-refractivity contribution is 0.864. The highest BCUT2D eigenvalue weighted by molar-refractivity contribution is 7.98. The van der Waals surface area contributed by atoms with Crippen LogP contribution in [-0.2, 0) is 11.5 Å². The summed E-state index contributed by atoms with van der Waals surface area (Å²) in [6, 6.07) is 26.0. The second-order valence-corrected chi connectivity index (χ2v) is 8.97. The van der Waals surface area contributed by atoms with Crippen LogP contribution in [0.15, 0.2) is 88.9 Å². The molecule has 1 aromatic heterocycles. The molecule has 0 saturated heterocycles. The molecular formula is C22H17Cl2N3S2. The van der Waals surface area contributed by atoms with Crippen LogP contribution in [0.25, 0.3) is 5.69 Å². The van der Waals surface area contributed by atoms with Crippen LogP contribution < -0.4 is 0 Å². The number of halogens is 2. The predicted octanol–water partition coefficient (Wildman–Crippen LogP) is 7.16. The van der Waals surface area contributed by atoms with E-state index in [1.165, 1.54) is 4.90 Å². The highest BCUT2D eigenvalue weighted by atomic mass is 35.5. The molecule has 0 N–H and O–H groups in total. The molecule has 0 aliphatic heterocycles. The molecule has 0 aliphatic carbocycles. The zero-order valence-corrected chi connectivity index (χ0v) is 18.5. The monoisotopic (exact) mass is 457 g/mol. The third-order valence-corrected chi connectivity index (χ3v) is 6.90. The summed E-state index contributed by atoms with van der Waals surface area (Å²) in [6.07, 6.45) is 0. The third kappa shape index (κ3) is 4.98. The summed E-state index contributed by atoms with van der Waals surface area (Å²) < 4.78 is 2.10. The van der Waals surface area contributed by atoms with Gasteiger partial charge in [0.25, 0.3) is 0 Å². The Kier molecular flexibility index (Phi) is 6.82. The van der Waals surface area contributed by atoms with Gasteiger partial charge in [-0.2, -0.15) is 0 Å². The van der Waals surface area contributed by atoms with E-state index >= 15 is 0 Å². The van der Waals surface area contributed by atoms with Crippen molar-refractivity contribution in [3.05, 3.63) is 100 Å². The lowest BCUT2D eigenvalue weighted by Crippen LogP contribution is -2.02. The molecule has 3 nitrogen and oxygen atoms in total. The van der Waals surface area contributed by atoms with Gasteiger partial charge in [-0.3, -0.25) is 4.57 Å². The van der Waals surface area contributed by atoms with Crippen molar-refractivity contribution in [3.8, 4) is 5.69 Å². The fraction of sp³-hybridized carbons (Fsp3) is 0.0909. The van der Waals surface area contributed by atoms with Crippen LogP contribution in [0.3, 0.4) is 0 Å². The van der Waals surface area contributed by atoms with Crippen molar-refractivity contribution in [2.75, 3.05) is 0 Å². The molecule has 0 unspecified atom stereocenters. The van der Waals surface area contributed by atoms with Crippen LogP contribution in [0, 0.1) is 0 Å². The molecule has 0 bridgehead atoms. The zero-order chi connectivity index (χ0) is 20.1. The molecule has 4 rings (SSSR count). The van der Waals surface area contributed by atoms with Crippen molar-refractivity contribution in [2.45, 2.75) is 21.6 Å². The maximum atomic E-state index is 6.33. The van der Waals surface area contributed by atoms with Gasteiger partial charge in [0.05, 0.1) is 5.75 Å². The maximum absolute atomic E-state index is 6.33. The number of aromatic nitrogens is 3. The van der Waals surface area contributed by atoms with E-state index in [0.717, 1.165) is 28.0 Å². The van der Waals surface area contributed by atoms with Gasteiger partial charge < -0.3 is 0 Å². The molecule has 1 heterocycles. The largest absolute Gasteiger partial charge is 0.273 e. The fourth-order valence-electron chi connectivity index (χ4n) is 2.80. The molecule has 0 spiro atoms. The van der Waals surface area contributed by atoms with Crippen molar-refractivity contribution < 1.29 is 0 Å². The first kappa shape index (κ1) is 20.4. The number of para-hydroxylation sites is 1. The number of benzene rings is 3. The van der Waals surface area contributed by atoms with Gasteiger partial charge in [0.15, 0.2) is 5.16 Å². The zero-order valence-electron chi connectivity index (χ0n) is 15.3. The summed E-state index contributed by atoms with van der Waals surface area (Å²) in [6.45, 7) is 0. The van der Waals surface area contributed by atoms with E-state index in [2.05, 4.69) is 39.0 Å². The Morgan fingerprint density at radius 1 is 0.690 bits per heavy atom. The van der Waals surface area contributed by atoms with Crippen molar-refractivity contribution in [1.29, 1.82) is 0 Å². The van der Waals surface area contributed by atoms with E-state index in [1.54, 1.807) is 23.5 Å². The molecule has 0 fully saturated rings. The van der Waals surface area contributed by atoms with Crippen LogP contribution in [0.2, 0.25) is 10.0 Å². The molecule has 146 valence electrons. The molecule has 7 heteroatoms. The van der Waals surface area contributed by atoms with E-state index in [1.807, 2.05) is 54.6 Å². The van der Waals surface area contributed by atoms with Crippen LogP contribution in [0.5, 0.6) is 0 Å². The van der Waals surface area contributed by atoms with Gasteiger partial charge in [-0.1, -0.05) is 77.4 Å². The molecule has 0 atom stereocenters. The summed E-state index contributed by atoms with van der Waals surface area (Å²) in [7, 11) is 0. The summed E-state index contributed by atoms with van der Waals surface area (Å²) in [4.78, 5) is 1.20. The molecular weight excluding hydrogens is 441 g/mol. The van der Waals surface area contributed by atoms with Gasteiger partial charge in [-0.05, 0) is 42.0 Å². The minimum absolute atomic E-state index is 0.620. The van der Waals surface area contributed by atoms with E-state index in [4.69, 9.17) is 23.2 Å². The Morgan fingerprint density at radius 2 is 1.34 bits per heavy atom. The minimum Gasteiger partial charge on any atom is -0.273 e. The van der Waals surface area contributed by atoms with Crippen LogP contribution in [-0.4, -0.2) is 14.8 Å². The Labute approximate surface area is 188 Å². The minimum atomic E-state index is 0.620. The lowest BCUT2D eigenvalue weighted by Gasteiger charge is -2.11.